The maximum atomic E-state index is 5.28. The third kappa shape index (κ3) is 6.11. The van der Waals surface area contributed by atoms with Gasteiger partial charge in [-0.05, 0) is 75.5 Å². The molecule has 0 amide bonds. The highest BCUT2D eigenvalue weighted by molar-refractivity contribution is 7.26. The monoisotopic (exact) mass is 744 g/mol. The molecule has 0 radical (unpaired) electrons. The van der Waals surface area contributed by atoms with Crippen LogP contribution in [0.2, 0.25) is 0 Å². The van der Waals surface area contributed by atoms with Gasteiger partial charge in [0.1, 0.15) is 0 Å². The van der Waals surface area contributed by atoms with Gasteiger partial charge < -0.3 is 0 Å². The Labute approximate surface area is 333 Å². The lowest BCUT2D eigenvalue weighted by Crippen LogP contribution is -2.00. The van der Waals surface area contributed by atoms with E-state index in [2.05, 4.69) is 158 Å². The summed E-state index contributed by atoms with van der Waals surface area (Å²) in [6.45, 7) is 0. The molecule has 5 heteroatoms. The van der Waals surface area contributed by atoms with Gasteiger partial charge in [0.25, 0.3) is 0 Å². The smallest absolute Gasteiger partial charge is 0.164 e. The van der Waals surface area contributed by atoms with E-state index in [0.29, 0.717) is 17.5 Å². The predicted octanol–water partition coefficient (Wildman–Crippen LogP) is 13.9. The average Bonchev–Trinajstić information content (AvgIpc) is 3.67. The van der Waals surface area contributed by atoms with Crippen LogP contribution < -0.4 is 0 Å². The lowest BCUT2D eigenvalue weighted by atomic mass is 9.96. The van der Waals surface area contributed by atoms with E-state index in [1.807, 2.05) is 47.7 Å². The zero-order chi connectivity index (χ0) is 37.7. The Morgan fingerprint density at radius 2 is 0.877 bits per heavy atom. The van der Waals surface area contributed by atoms with Gasteiger partial charge >= 0.3 is 0 Å². The van der Waals surface area contributed by atoms with E-state index in [1.54, 1.807) is 0 Å². The number of thiophene rings is 1. The third-order valence-corrected chi connectivity index (χ3v) is 11.9. The third-order valence-electron chi connectivity index (χ3n) is 10.7. The first-order valence-corrected chi connectivity index (χ1v) is 19.9. The highest BCUT2D eigenvalue weighted by Crippen LogP contribution is 2.42. The summed E-state index contributed by atoms with van der Waals surface area (Å²) in [4.78, 5) is 20.7. The molecule has 0 spiro atoms. The fourth-order valence-corrected chi connectivity index (χ4v) is 9.04. The number of rotatable bonds is 6. The molecular weight excluding hydrogens is 713 g/mol. The molecule has 0 aliphatic heterocycles. The van der Waals surface area contributed by atoms with E-state index in [0.717, 1.165) is 55.5 Å². The standard InChI is InChI=1S/C52H32N4S/c1-3-12-33(13-4-1)34-22-24-36(25-23-34)51-54-50(35-14-5-2-6-15-35)55-52(56-51)42-30-40(43-19-11-20-45-44-18-9-10-21-48(44)57-49(43)45)29-41(31-42)46-27-26-39-28-37-16-7-8-17-38(37)32-47(39)53-46/h1-32H. The van der Waals surface area contributed by atoms with Crippen LogP contribution in [0.4, 0.5) is 0 Å². The summed E-state index contributed by atoms with van der Waals surface area (Å²) in [5.41, 5.74) is 10.1. The topological polar surface area (TPSA) is 51.6 Å². The van der Waals surface area contributed by atoms with Crippen molar-refractivity contribution in [3.8, 4) is 67.7 Å². The SMILES string of the molecule is c1ccc(-c2ccc(-c3nc(-c4ccccc4)nc(-c4cc(-c5ccc6cc7ccccc7cc6n5)cc(-c5cccc6c5sc5ccccc56)c4)n3)cc2)cc1. The Hall–Kier alpha value is -7.34. The Morgan fingerprint density at radius 1 is 0.316 bits per heavy atom. The second-order valence-electron chi connectivity index (χ2n) is 14.3. The minimum absolute atomic E-state index is 0.601. The van der Waals surface area contributed by atoms with Crippen LogP contribution in [0.1, 0.15) is 0 Å². The normalized spacial score (nSPS) is 11.5. The molecule has 0 unspecified atom stereocenters. The van der Waals surface area contributed by atoms with E-state index in [1.165, 1.54) is 36.5 Å². The van der Waals surface area contributed by atoms with E-state index in [-0.39, 0.29) is 0 Å². The van der Waals surface area contributed by atoms with Gasteiger partial charge in [0.2, 0.25) is 0 Å². The van der Waals surface area contributed by atoms with E-state index in [9.17, 15) is 0 Å². The second kappa shape index (κ2) is 13.7. The molecule has 3 heterocycles. The molecule has 57 heavy (non-hydrogen) atoms. The molecule has 4 nitrogen and oxygen atoms in total. The quantitative estimate of drug-likeness (QED) is 0.159. The molecular formula is C52H32N4S. The van der Waals surface area contributed by atoms with Crippen molar-refractivity contribution in [3.63, 3.8) is 0 Å². The van der Waals surface area contributed by atoms with Crippen LogP contribution in [0.15, 0.2) is 194 Å². The Bertz CT molecular complexity index is 3280. The van der Waals surface area contributed by atoms with Crippen molar-refractivity contribution in [2.45, 2.75) is 0 Å². The van der Waals surface area contributed by atoms with E-state index < -0.39 is 0 Å². The van der Waals surface area contributed by atoms with Crippen molar-refractivity contribution < 1.29 is 0 Å². The fraction of sp³-hybridized carbons (Fsp3) is 0. The number of fused-ring (bicyclic) bond motifs is 5. The van der Waals surface area contributed by atoms with Crippen LogP contribution >= 0.6 is 11.3 Å². The lowest BCUT2D eigenvalue weighted by Gasteiger charge is -2.13. The van der Waals surface area contributed by atoms with Crippen molar-refractivity contribution in [2.75, 3.05) is 0 Å². The van der Waals surface area contributed by atoms with Crippen LogP contribution in [-0.4, -0.2) is 19.9 Å². The summed E-state index contributed by atoms with van der Waals surface area (Å²) < 4.78 is 2.52. The van der Waals surface area contributed by atoms with Crippen molar-refractivity contribution >= 4 is 53.2 Å². The molecule has 8 aromatic carbocycles. The number of hydrogen-bond acceptors (Lipinski definition) is 5. The zero-order valence-corrected chi connectivity index (χ0v) is 31.5. The van der Waals surface area contributed by atoms with E-state index >= 15 is 0 Å². The number of aromatic nitrogens is 4. The summed E-state index contributed by atoms with van der Waals surface area (Å²) >= 11 is 1.83. The molecule has 0 saturated carbocycles. The summed E-state index contributed by atoms with van der Waals surface area (Å²) in [7, 11) is 0. The molecule has 0 atom stereocenters. The predicted molar refractivity (Wildman–Crippen MR) is 238 cm³/mol. The molecule has 0 aliphatic carbocycles. The zero-order valence-electron chi connectivity index (χ0n) is 30.7. The molecule has 0 N–H and O–H groups in total. The first kappa shape index (κ1) is 33.0. The summed E-state index contributed by atoms with van der Waals surface area (Å²) in [6.07, 6.45) is 0. The molecule has 0 bridgehead atoms. The van der Waals surface area contributed by atoms with Crippen molar-refractivity contribution in [1.82, 2.24) is 19.9 Å². The first-order valence-electron chi connectivity index (χ1n) is 19.0. The summed E-state index contributed by atoms with van der Waals surface area (Å²) in [5.74, 6) is 1.84. The summed E-state index contributed by atoms with van der Waals surface area (Å²) in [5, 5.41) is 6.01. The van der Waals surface area contributed by atoms with Gasteiger partial charge in [0.15, 0.2) is 17.5 Å². The van der Waals surface area contributed by atoms with Gasteiger partial charge in [0, 0.05) is 47.8 Å². The fourth-order valence-electron chi connectivity index (χ4n) is 7.80. The number of hydrogen-bond donors (Lipinski definition) is 0. The lowest BCUT2D eigenvalue weighted by molar-refractivity contribution is 1.07. The molecule has 11 rings (SSSR count). The largest absolute Gasteiger partial charge is 0.248 e. The first-order chi connectivity index (χ1) is 28.2. The van der Waals surface area contributed by atoms with Crippen molar-refractivity contribution in [2.24, 2.45) is 0 Å². The Balaban J connectivity index is 1.12. The van der Waals surface area contributed by atoms with Gasteiger partial charge in [-0.2, -0.15) is 0 Å². The van der Waals surface area contributed by atoms with Crippen LogP contribution in [0.25, 0.3) is 110 Å². The van der Waals surface area contributed by atoms with E-state index in [4.69, 9.17) is 19.9 Å². The number of nitrogens with zero attached hydrogens (tertiary/aromatic N) is 4. The maximum Gasteiger partial charge on any atom is 0.164 e. The molecule has 3 aromatic heterocycles. The second-order valence-corrected chi connectivity index (χ2v) is 15.3. The number of benzene rings is 8. The number of pyridine rings is 1. The average molecular weight is 745 g/mol. The van der Waals surface area contributed by atoms with Crippen LogP contribution in [-0.2, 0) is 0 Å². The molecule has 266 valence electrons. The van der Waals surface area contributed by atoms with Crippen LogP contribution in [0.5, 0.6) is 0 Å². The highest BCUT2D eigenvalue weighted by atomic mass is 32.1. The molecule has 11 aromatic rings. The van der Waals surface area contributed by atoms with Crippen molar-refractivity contribution in [3.05, 3.63) is 194 Å². The molecule has 0 fully saturated rings. The summed E-state index contributed by atoms with van der Waals surface area (Å²) in [6, 6.07) is 68.1. The minimum Gasteiger partial charge on any atom is -0.248 e. The Kier molecular flexibility index (Phi) is 7.97. The molecule has 0 aliphatic rings. The van der Waals surface area contributed by atoms with Gasteiger partial charge in [-0.25, -0.2) is 19.9 Å². The van der Waals surface area contributed by atoms with Crippen molar-refractivity contribution in [1.29, 1.82) is 0 Å². The van der Waals surface area contributed by atoms with Crippen LogP contribution in [0, 0.1) is 0 Å². The Morgan fingerprint density at radius 3 is 1.65 bits per heavy atom. The van der Waals surface area contributed by atoms with Gasteiger partial charge in [-0.1, -0.05) is 152 Å². The van der Waals surface area contributed by atoms with Gasteiger partial charge in [0.05, 0.1) is 11.2 Å². The van der Waals surface area contributed by atoms with Gasteiger partial charge in [-0.3, -0.25) is 0 Å². The minimum atomic E-state index is 0.601. The maximum absolute atomic E-state index is 5.28. The molecule has 0 saturated heterocycles. The van der Waals surface area contributed by atoms with Crippen LogP contribution in [0.3, 0.4) is 0 Å². The highest BCUT2D eigenvalue weighted by Gasteiger charge is 2.18. The van der Waals surface area contributed by atoms with Gasteiger partial charge in [-0.15, -0.1) is 11.3 Å².